The number of hydrogen-bond acceptors (Lipinski definition) is 3. The van der Waals surface area contributed by atoms with E-state index in [4.69, 9.17) is 0 Å². The number of aromatic nitrogens is 4. The second kappa shape index (κ2) is 3.88. The number of fused-ring (bicyclic) bond motifs is 3. The van der Waals surface area contributed by atoms with Crippen LogP contribution >= 0.6 is 0 Å². The van der Waals surface area contributed by atoms with Crippen LogP contribution in [-0.2, 0) is 12.8 Å². The molecule has 2 aromatic heterocycles. The van der Waals surface area contributed by atoms with Crippen molar-refractivity contribution < 1.29 is 0 Å². The molecule has 2 heterocycles. The maximum atomic E-state index is 4.63. The summed E-state index contributed by atoms with van der Waals surface area (Å²) in [6.07, 6.45) is 5.32. The quantitative estimate of drug-likeness (QED) is 0.666. The Bertz CT molecular complexity index is 756. The van der Waals surface area contributed by atoms with Crippen LogP contribution in [0.1, 0.15) is 23.2 Å². The fraction of sp³-hybridized carbons (Fsp3) is 0.267. The monoisotopic (exact) mass is 250 g/mol. The molecule has 1 aliphatic rings. The zero-order chi connectivity index (χ0) is 12.8. The molecule has 0 unspecified atom stereocenters. The lowest BCUT2D eigenvalue weighted by atomic mass is 10.1. The van der Waals surface area contributed by atoms with E-state index in [2.05, 4.69) is 46.3 Å². The summed E-state index contributed by atoms with van der Waals surface area (Å²) in [5.74, 6) is 1.46. The highest BCUT2D eigenvalue weighted by Crippen LogP contribution is 2.23. The minimum atomic E-state index is 0.705. The summed E-state index contributed by atoms with van der Waals surface area (Å²) in [6, 6.07) is 8.28. The average Bonchev–Trinajstić information content (AvgIpc) is 3.04. The van der Waals surface area contributed by atoms with Gasteiger partial charge in [-0.2, -0.15) is 4.98 Å². The predicted octanol–water partition coefficient (Wildman–Crippen LogP) is 2.59. The highest BCUT2D eigenvalue weighted by atomic mass is 15.3. The first kappa shape index (κ1) is 10.7. The first-order valence-corrected chi connectivity index (χ1v) is 6.62. The molecule has 0 N–H and O–H groups in total. The standard InChI is InChI=1S/C15H14N4/c1-10-5-7-11(8-6-10)14-17-15-16-9-12-3-2-4-13(12)19(15)18-14/h5-9H,2-4H2,1H3. The van der Waals surface area contributed by atoms with Crippen LogP contribution in [0.4, 0.5) is 0 Å². The minimum absolute atomic E-state index is 0.705. The molecule has 0 atom stereocenters. The summed E-state index contributed by atoms with van der Waals surface area (Å²) in [6.45, 7) is 2.08. The molecule has 0 amide bonds. The van der Waals surface area contributed by atoms with Crippen LogP contribution in [0, 0.1) is 6.92 Å². The molecule has 0 bridgehead atoms. The second-order valence-corrected chi connectivity index (χ2v) is 5.10. The molecule has 0 saturated carbocycles. The molecule has 0 radical (unpaired) electrons. The lowest BCUT2D eigenvalue weighted by molar-refractivity contribution is 0.838. The van der Waals surface area contributed by atoms with Gasteiger partial charge in [-0.25, -0.2) is 9.50 Å². The van der Waals surface area contributed by atoms with Crippen LogP contribution in [0.15, 0.2) is 30.5 Å². The van der Waals surface area contributed by atoms with Crippen LogP contribution in [-0.4, -0.2) is 19.6 Å². The van der Waals surface area contributed by atoms with Gasteiger partial charge in [-0.15, -0.1) is 5.10 Å². The van der Waals surface area contributed by atoms with E-state index in [1.807, 2.05) is 10.7 Å². The zero-order valence-corrected chi connectivity index (χ0v) is 10.8. The van der Waals surface area contributed by atoms with Gasteiger partial charge >= 0.3 is 0 Å². The highest BCUT2D eigenvalue weighted by Gasteiger charge is 2.17. The van der Waals surface area contributed by atoms with E-state index in [9.17, 15) is 0 Å². The highest BCUT2D eigenvalue weighted by molar-refractivity contribution is 5.57. The van der Waals surface area contributed by atoms with Crippen molar-refractivity contribution in [2.75, 3.05) is 0 Å². The van der Waals surface area contributed by atoms with Crippen LogP contribution in [0.25, 0.3) is 17.2 Å². The molecule has 4 rings (SSSR count). The van der Waals surface area contributed by atoms with Gasteiger partial charge in [-0.3, -0.25) is 0 Å². The van der Waals surface area contributed by atoms with Crippen LogP contribution < -0.4 is 0 Å². The minimum Gasteiger partial charge on any atom is -0.219 e. The third-order valence-corrected chi connectivity index (χ3v) is 3.72. The van der Waals surface area contributed by atoms with Gasteiger partial charge in [0, 0.05) is 11.8 Å². The largest absolute Gasteiger partial charge is 0.252 e. The van der Waals surface area contributed by atoms with E-state index < -0.39 is 0 Å². The lowest BCUT2D eigenvalue weighted by Gasteiger charge is -1.99. The van der Waals surface area contributed by atoms with Crippen LogP contribution in [0.2, 0.25) is 0 Å². The van der Waals surface area contributed by atoms with E-state index >= 15 is 0 Å². The van der Waals surface area contributed by atoms with Crippen molar-refractivity contribution in [3.05, 3.63) is 47.3 Å². The van der Waals surface area contributed by atoms with Crippen molar-refractivity contribution >= 4 is 5.78 Å². The van der Waals surface area contributed by atoms with Crippen molar-refractivity contribution in [2.45, 2.75) is 26.2 Å². The molecule has 0 aliphatic heterocycles. The first-order chi connectivity index (χ1) is 9.31. The number of nitrogens with zero attached hydrogens (tertiary/aromatic N) is 4. The molecule has 0 saturated heterocycles. The smallest absolute Gasteiger partial charge is 0.219 e. The predicted molar refractivity (Wildman–Crippen MR) is 73.0 cm³/mol. The Balaban J connectivity index is 1.90. The third kappa shape index (κ3) is 1.63. The Hall–Kier alpha value is -2.23. The van der Waals surface area contributed by atoms with Gasteiger partial charge in [0.25, 0.3) is 5.78 Å². The summed E-state index contributed by atoms with van der Waals surface area (Å²) >= 11 is 0. The van der Waals surface area contributed by atoms with E-state index in [0.29, 0.717) is 5.78 Å². The molecule has 0 fully saturated rings. The molecule has 1 aliphatic carbocycles. The fourth-order valence-corrected chi connectivity index (χ4v) is 2.66. The normalized spacial score (nSPS) is 13.9. The molecule has 4 heteroatoms. The molecule has 0 spiro atoms. The van der Waals surface area contributed by atoms with E-state index in [1.165, 1.54) is 23.2 Å². The molecule has 94 valence electrons. The number of hydrogen-bond donors (Lipinski definition) is 0. The maximum absolute atomic E-state index is 4.63. The van der Waals surface area contributed by atoms with Gasteiger partial charge in [0.05, 0.1) is 5.69 Å². The van der Waals surface area contributed by atoms with E-state index in [-0.39, 0.29) is 0 Å². The number of rotatable bonds is 1. The van der Waals surface area contributed by atoms with Crippen LogP contribution in [0.5, 0.6) is 0 Å². The Morgan fingerprint density at radius 2 is 1.95 bits per heavy atom. The lowest BCUT2D eigenvalue weighted by Crippen LogP contribution is -1.99. The molecule has 4 nitrogen and oxygen atoms in total. The van der Waals surface area contributed by atoms with E-state index in [1.54, 1.807) is 0 Å². The third-order valence-electron chi connectivity index (χ3n) is 3.72. The van der Waals surface area contributed by atoms with Gasteiger partial charge in [0.1, 0.15) is 0 Å². The summed E-state index contributed by atoms with van der Waals surface area (Å²) < 4.78 is 1.91. The van der Waals surface area contributed by atoms with Crippen molar-refractivity contribution in [2.24, 2.45) is 0 Å². The molecular formula is C15H14N4. The molecule has 1 aromatic carbocycles. The van der Waals surface area contributed by atoms with Gasteiger partial charge in [0.2, 0.25) is 0 Å². The average molecular weight is 250 g/mol. The topological polar surface area (TPSA) is 43.1 Å². The summed E-state index contributed by atoms with van der Waals surface area (Å²) in [5.41, 5.74) is 4.87. The molecule has 19 heavy (non-hydrogen) atoms. The fourth-order valence-electron chi connectivity index (χ4n) is 2.66. The Morgan fingerprint density at radius 3 is 2.79 bits per heavy atom. The second-order valence-electron chi connectivity index (χ2n) is 5.10. The maximum Gasteiger partial charge on any atom is 0.252 e. The first-order valence-electron chi connectivity index (χ1n) is 6.62. The Labute approximate surface area is 111 Å². The molecular weight excluding hydrogens is 236 g/mol. The van der Waals surface area contributed by atoms with Crippen molar-refractivity contribution in [3.8, 4) is 11.4 Å². The van der Waals surface area contributed by atoms with Crippen molar-refractivity contribution in [1.29, 1.82) is 0 Å². The SMILES string of the molecule is Cc1ccc(-c2nc3ncc4c(n3n2)CCC4)cc1. The van der Waals surface area contributed by atoms with Gasteiger partial charge in [0.15, 0.2) is 5.82 Å². The van der Waals surface area contributed by atoms with Gasteiger partial charge in [-0.05, 0) is 31.7 Å². The van der Waals surface area contributed by atoms with Gasteiger partial charge < -0.3 is 0 Å². The number of aryl methyl sites for hydroxylation is 3. The summed E-state index contributed by atoms with van der Waals surface area (Å²) in [5, 5.41) is 4.63. The summed E-state index contributed by atoms with van der Waals surface area (Å²) in [4.78, 5) is 8.94. The van der Waals surface area contributed by atoms with Gasteiger partial charge in [-0.1, -0.05) is 29.8 Å². The zero-order valence-electron chi connectivity index (χ0n) is 10.8. The summed E-state index contributed by atoms with van der Waals surface area (Å²) in [7, 11) is 0. The van der Waals surface area contributed by atoms with E-state index in [0.717, 1.165) is 24.2 Å². The Morgan fingerprint density at radius 1 is 1.11 bits per heavy atom. The van der Waals surface area contributed by atoms with Crippen molar-refractivity contribution in [1.82, 2.24) is 19.6 Å². The molecule has 3 aromatic rings. The van der Waals surface area contributed by atoms with Crippen molar-refractivity contribution in [3.63, 3.8) is 0 Å². The number of benzene rings is 1. The Kier molecular flexibility index (Phi) is 2.18. The van der Waals surface area contributed by atoms with Crippen LogP contribution in [0.3, 0.4) is 0 Å².